The Morgan fingerprint density at radius 2 is 1.35 bits per heavy atom. The largest absolute Gasteiger partial charge is 0.502 e. The van der Waals surface area contributed by atoms with E-state index in [1.165, 1.54) is 12.5 Å². The molecule has 0 amide bonds. The minimum atomic E-state index is -2.09. The zero-order valence-corrected chi connectivity index (χ0v) is 44.7. The van der Waals surface area contributed by atoms with Crippen LogP contribution in [0.15, 0.2) is 23.2 Å². The molecule has 0 aromatic rings. The van der Waals surface area contributed by atoms with E-state index in [4.69, 9.17) is 37.9 Å². The fourth-order valence-electron chi connectivity index (χ4n) is 16.3. The van der Waals surface area contributed by atoms with Gasteiger partial charge in [-0.15, -0.1) is 0 Å². The highest BCUT2D eigenvalue weighted by atomic mass is 16.8. The van der Waals surface area contributed by atoms with E-state index in [0.717, 1.165) is 44.9 Å². The van der Waals surface area contributed by atoms with E-state index >= 15 is 0 Å². The summed E-state index contributed by atoms with van der Waals surface area (Å²) >= 11 is 0. The van der Waals surface area contributed by atoms with Gasteiger partial charge in [0.2, 0.25) is 12.1 Å². The van der Waals surface area contributed by atoms with Crippen molar-refractivity contribution in [2.45, 2.75) is 237 Å². The summed E-state index contributed by atoms with van der Waals surface area (Å²) in [7, 11) is 0. The van der Waals surface area contributed by atoms with Crippen LogP contribution in [0.1, 0.15) is 127 Å². The molecule has 9 aliphatic rings. The Balaban J connectivity index is 0.980. The van der Waals surface area contributed by atoms with E-state index in [9.17, 15) is 65.8 Å². The number of aliphatic hydroxyl groups excluding tert-OH is 10. The molecular formula is C54H84O21. The number of carboxylic acids is 1. The lowest BCUT2D eigenvalue weighted by molar-refractivity contribution is -0.396. The molecule has 0 radical (unpaired) electrons. The molecular weight excluding hydrogens is 985 g/mol. The third-order valence-electron chi connectivity index (χ3n) is 21.0. The number of ether oxygens (including phenoxy) is 8. The molecule has 5 aliphatic carbocycles. The van der Waals surface area contributed by atoms with Gasteiger partial charge < -0.3 is 94.1 Å². The van der Waals surface area contributed by atoms with E-state index in [1.807, 2.05) is 6.92 Å². The molecule has 4 saturated carbocycles. The van der Waals surface area contributed by atoms with Crippen LogP contribution in [-0.2, 0) is 47.5 Å². The molecule has 0 bridgehead atoms. The van der Waals surface area contributed by atoms with Gasteiger partial charge in [0.15, 0.2) is 30.7 Å². The summed E-state index contributed by atoms with van der Waals surface area (Å²) in [6.45, 7) is 17.9. The van der Waals surface area contributed by atoms with Gasteiger partial charge in [0, 0.05) is 10.8 Å². The second kappa shape index (κ2) is 20.3. The monoisotopic (exact) mass is 1070 g/mol. The number of fused-ring (bicyclic) bond motifs is 7. The topological polar surface area (TPSA) is 331 Å². The fraction of sp³-hybridized carbons (Fsp3) is 0.889. The van der Waals surface area contributed by atoms with Crippen LogP contribution in [0.4, 0.5) is 0 Å². The van der Waals surface area contributed by atoms with Gasteiger partial charge in [0.25, 0.3) is 0 Å². The van der Waals surface area contributed by atoms with Crippen LogP contribution >= 0.6 is 0 Å². The Hall–Kier alpha value is -2.42. The van der Waals surface area contributed by atoms with Gasteiger partial charge in [-0.05, 0) is 111 Å². The maximum atomic E-state index is 12.7. The quantitative estimate of drug-likeness (QED) is 0.104. The van der Waals surface area contributed by atoms with Crippen LogP contribution in [0.25, 0.3) is 0 Å². The number of carboxylic acid groups (broad SMARTS) is 1. The molecule has 7 fully saturated rings. The molecule has 21 heteroatoms. The molecule has 26 atom stereocenters. The minimum Gasteiger partial charge on any atom is -0.502 e. The van der Waals surface area contributed by atoms with Crippen molar-refractivity contribution in [2.75, 3.05) is 13.2 Å². The van der Waals surface area contributed by atoms with Crippen molar-refractivity contribution in [1.82, 2.24) is 0 Å². The number of Topliss-reactive ketones (excluding diaryl/α,β-unsaturated/α-hetero) is 1. The third kappa shape index (κ3) is 9.25. The zero-order chi connectivity index (χ0) is 54.9. The molecule has 0 aromatic heterocycles. The van der Waals surface area contributed by atoms with Crippen molar-refractivity contribution < 1.29 is 104 Å². The number of ketones is 1. The first-order valence-electron chi connectivity index (χ1n) is 27.1. The Labute approximate surface area is 438 Å². The van der Waals surface area contributed by atoms with E-state index in [1.54, 1.807) is 6.92 Å². The van der Waals surface area contributed by atoms with Gasteiger partial charge in [-0.1, -0.05) is 60.1 Å². The van der Waals surface area contributed by atoms with Gasteiger partial charge in [0.05, 0.1) is 37.9 Å². The number of hydrogen-bond donors (Lipinski definition) is 11. The summed E-state index contributed by atoms with van der Waals surface area (Å²) in [5, 5.41) is 119. The molecule has 426 valence electrons. The van der Waals surface area contributed by atoms with Crippen LogP contribution in [0.2, 0.25) is 0 Å². The number of aliphatic hydroxyl groups is 10. The Morgan fingerprint density at radius 3 is 1.99 bits per heavy atom. The molecule has 21 nitrogen and oxygen atoms in total. The van der Waals surface area contributed by atoms with Crippen molar-refractivity contribution in [1.29, 1.82) is 0 Å². The average Bonchev–Trinajstić information content (AvgIpc) is 3.35. The predicted molar refractivity (Wildman–Crippen MR) is 259 cm³/mol. The van der Waals surface area contributed by atoms with E-state index in [-0.39, 0.29) is 81.3 Å². The first-order valence-corrected chi connectivity index (χ1v) is 27.1. The maximum Gasteiger partial charge on any atom is 0.335 e. The molecule has 4 aliphatic heterocycles. The highest BCUT2D eigenvalue weighted by Gasteiger charge is 2.70. The Morgan fingerprint density at radius 1 is 0.693 bits per heavy atom. The van der Waals surface area contributed by atoms with E-state index in [0.29, 0.717) is 12.8 Å². The van der Waals surface area contributed by atoms with Gasteiger partial charge in [-0.3, -0.25) is 4.79 Å². The van der Waals surface area contributed by atoms with Gasteiger partial charge >= 0.3 is 5.97 Å². The number of carbonyl (C=O) groups is 2. The first kappa shape index (κ1) is 57.3. The van der Waals surface area contributed by atoms with Gasteiger partial charge in [-0.25, -0.2) is 4.79 Å². The molecule has 3 saturated heterocycles. The lowest BCUT2D eigenvalue weighted by Gasteiger charge is -2.72. The third-order valence-corrected chi connectivity index (χ3v) is 21.0. The van der Waals surface area contributed by atoms with Crippen LogP contribution in [-0.4, -0.2) is 192 Å². The molecule has 11 N–H and O–H groups in total. The van der Waals surface area contributed by atoms with Crippen LogP contribution in [0, 0.1) is 50.2 Å². The van der Waals surface area contributed by atoms with Crippen molar-refractivity contribution in [3.05, 3.63) is 23.2 Å². The molecule has 75 heavy (non-hydrogen) atoms. The fourth-order valence-corrected chi connectivity index (χ4v) is 16.3. The zero-order valence-electron chi connectivity index (χ0n) is 44.7. The van der Waals surface area contributed by atoms with Gasteiger partial charge in [-0.2, -0.15) is 0 Å². The number of hydrogen-bond acceptors (Lipinski definition) is 20. The normalized spacial score (nSPS) is 52.9. The number of aliphatic carboxylic acids is 1. The van der Waals surface area contributed by atoms with Crippen LogP contribution < -0.4 is 0 Å². The molecule has 9 rings (SSSR count). The minimum absolute atomic E-state index is 0.0493. The summed E-state index contributed by atoms with van der Waals surface area (Å²) in [5.74, 6) is -1.94. The number of allylic oxidation sites excluding steroid dienone is 4. The highest BCUT2D eigenvalue weighted by molar-refractivity contribution is 5.94. The molecule has 0 aromatic carbocycles. The van der Waals surface area contributed by atoms with Crippen molar-refractivity contribution in [2.24, 2.45) is 50.2 Å². The van der Waals surface area contributed by atoms with Crippen molar-refractivity contribution in [3.63, 3.8) is 0 Å². The maximum absolute atomic E-state index is 12.7. The Bertz CT molecular complexity index is 2210. The summed E-state index contributed by atoms with van der Waals surface area (Å²) < 4.78 is 49.1. The van der Waals surface area contributed by atoms with Crippen molar-refractivity contribution >= 4 is 11.8 Å². The number of carbonyl (C=O) groups excluding carboxylic acids is 1. The van der Waals surface area contributed by atoms with Crippen LogP contribution in [0.5, 0.6) is 0 Å². The summed E-state index contributed by atoms with van der Waals surface area (Å²) in [5.41, 5.74) is -0.538. The van der Waals surface area contributed by atoms with E-state index in [2.05, 4.69) is 47.6 Å². The van der Waals surface area contributed by atoms with Crippen molar-refractivity contribution in [3.8, 4) is 0 Å². The Kier molecular flexibility index (Phi) is 15.5. The average molecular weight is 1070 g/mol. The lowest BCUT2D eigenvalue weighted by atomic mass is 9.33. The number of rotatable bonds is 11. The molecule has 0 unspecified atom stereocenters. The SMILES string of the molecule is CC1=C(O)C(=O)C[C@H](O[C@@H]2CC(C)(C)C[C@H]3C4=CC[C@@H]5[C@@]6(C)CC[C@H](O[C@@H]7O[C@H](C(=O)O)[C@@H](O)[C@H](O)[C@H]7O[C@@H]7O[C@H](CO)[C@H](O)[C@H](O)[C@H]7O[C@@H]7O[C@H](C)[C@H](O)[C@@H](O)[C@H]7O)[C@](C)(CO)[C@@H]6CC[C@@]5(C)[C@]4(C)CC[C@@]23C)O1. The summed E-state index contributed by atoms with van der Waals surface area (Å²) in [6.07, 6.45) is -19.0. The molecule has 0 spiro atoms. The predicted octanol–water partition coefficient (Wildman–Crippen LogP) is 1.83. The summed E-state index contributed by atoms with van der Waals surface area (Å²) in [4.78, 5) is 25.3. The van der Waals surface area contributed by atoms with E-state index < -0.39 is 123 Å². The molecule has 4 heterocycles. The van der Waals surface area contributed by atoms with Gasteiger partial charge in [0.1, 0.15) is 66.8 Å². The second-order valence-corrected chi connectivity index (χ2v) is 25.8. The second-order valence-electron chi connectivity index (χ2n) is 25.8. The smallest absolute Gasteiger partial charge is 0.335 e. The highest BCUT2D eigenvalue weighted by Crippen LogP contribution is 2.76. The standard InChI is InChI=1S/C54H84O21/c1-23-34(58)27(57)18-33(68-23)71-32-20-49(3,4)19-26-25-10-11-30-51(6)14-13-31(52(7,22-56)29(51)12-15-54(30,9)53(25,8)17-16-50(26,32)5)72-48-44(40(64)39(63)42(73-48)45(66)67)75-47-43(38(62)36(60)28(21-55)70-47)74-46-41(65)37(61)35(59)24(2)69-46/h10,24,26,28-33,35-44,46-48,55-56,58-65H,11-22H2,1-9H3,(H,66,67)/t24-,26+,28-,29-,30-,31+,32-,33+,35+,36+,37-,38+,39+,40+,41-,42+,43-,44-,46+,47+,48-,50-,51+,52-,53-,54-/m1/s1. The van der Waals surface area contributed by atoms with Crippen LogP contribution in [0.3, 0.4) is 0 Å². The first-order chi connectivity index (χ1) is 35.0. The summed E-state index contributed by atoms with van der Waals surface area (Å²) in [6, 6.07) is 0. The lowest BCUT2D eigenvalue weighted by Crippen LogP contribution is -2.68.